The highest BCUT2D eigenvalue weighted by atomic mass is 16.6. The predicted molar refractivity (Wildman–Crippen MR) is 121 cm³/mol. The molecule has 0 radical (unpaired) electrons. The molecule has 0 saturated carbocycles. The number of epoxide rings is 1. The summed E-state index contributed by atoms with van der Waals surface area (Å²) in [6.45, 7) is 7.28. The molecular formula is C23H32N4O7. The Morgan fingerprint density at radius 2 is 1.79 bits per heavy atom. The summed E-state index contributed by atoms with van der Waals surface area (Å²) in [7, 11) is 1.36. The number of Topliss-reactive ketones (excluding diaryl/α,β-unsaturated/α-hetero) is 1. The van der Waals surface area contributed by atoms with Crippen molar-refractivity contribution < 1.29 is 33.2 Å². The van der Waals surface area contributed by atoms with Crippen molar-refractivity contribution >= 4 is 23.5 Å². The molecule has 3 N–H and O–H groups in total. The number of nitrogens with zero attached hydrogens (tertiary/aromatic N) is 1. The predicted octanol–water partition coefficient (Wildman–Crippen LogP) is 0.125. The van der Waals surface area contributed by atoms with Crippen molar-refractivity contribution in [2.24, 2.45) is 5.92 Å². The molecule has 11 heteroatoms. The summed E-state index contributed by atoms with van der Waals surface area (Å²) >= 11 is 0. The highest BCUT2D eigenvalue weighted by molar-refractivity contribution is 5.99. The third kappa shape index (κ3) is 7.40. The molecule has 1 aromatic rings. The van der Waals surface area contributed by atoms with Crippen LogP contribution in [-0.2, 0) is 23.9 Å². The van der Waals surface area contributed by atoms with E-state index >= 15 is 0 Å². The zero-order chi connectivity index (χ0) is 25.5. The monoisotopic (exact) mass is 476 g/mol. The number of terminal acetylenes is 1. The van der Waals surface area contributed by atoms with Crippen LogP contribution in [0.1, 0.15) is 49.9 Å². The highest BCUT2D eigenvalue weighted by Crippen LogP contribution is 2.29. The van der Waals surface area contributed by atoms with Crippen molar-refractivity contribution in [2.75, 3.05) is 20.3 Å². The second-order valence-electron chi connectivity index (χ2n) is 8.85. The van der Waals surface area contributed by atoms with Crippen LogP contribution >= 0.6 is 0 Å². The molecule has 11 nitrogen and oxygen atoms in total. The molecule has 4 atom stereocenters. The van der Waals surface area contributed by atoms with E-state index in [1.807, 2.05) is 13.8 Å². The molecule has 2 unspecified atom stereocenters. The van der Waals surface area contributed by atoms with Crippen LogP contribution in [0.4, 0.5) is 0 Å². The van der Waals surface area contributed by atoms with Crippen LogP contribution in [0, 0.1) is 25.2 Å². The van der Waals surface area contributed by atoms with E-state index in [0.717, 1.165) is 0 Å². The van der Waals surface area contributed by atoms with Gasteiger partial charge in [-0.25, -0.2) is 0 Å². The molecular weight excluding hydrogens is 444 g/mol. The van der Waals surface area contributed by atoms with Gasteiger partial charge in [0.1, 0.15) is 23.4 Å². The number of hydrogen-bond donors (Lipinski definition) is 3. The van der Waals surface area contributed by atoms with Gasteiger partial charge in [-0.15, -0.1) is 12.3 Å². The van der Waals surface area contributed by atoms with Crippen LogP contribution in [0.25, 0.3) is 0 Å². The molecule has 1 aliphatic rings. The van der Waals surface area contributed by atoms with Crippen molar-refractivity contribution in [1.82, 2.24) is 21.1 Å². The van der Waals surface area contributed by atoms with Crippen molar-refractivity contribution in [3.63, 3.8) is 0 Å². The number of aromatic nitrogens is 1. The molecule has 34 heavy (non-hydrogen) atoms. The topological polar surface area (TPSA) is 152 Å². The lowest BCUT2D eigenvalue weighted by Crippen LogP contribution is -2.57. The Balaban J connectivity index is 2.09. The quantitative estimate of drug-likeness (QED) is 0.268. The van der Waals surface area contributed by atoms with Gasteiger partial charge in [0.05, 0.1) is 19.3 Å². The summed E-state index contributed by atoms with van der Waals surface area (Å²) < 4.78 is 15.1. The number of nitrogens with one attached hydrogen (secondary N) is 3. The zero-order valence-electron chi connectivity index (χ0n) is 20.1. The molecule has 186 valence electrons. The molecule has 0 aromatic carbocycles. The van der Waals surface area contributed by atoms with Gasteiger partial charge in [-0.1, -0.05) is 19.0 Å². The van der Waals surface area contributed by atoms with Gasteiger partial charge in [-0.2, -0.15) is 0 Å². The number of carbonyl (C=O) groups is 4. The van der Waals surface area contributed by atoms with Gasteiger partial charge in [-0.3, -0.25) is 19.2 Å². The number of carbonyl (C=O) groups excluding carboxylic acids is 4. The van der Waals surface area contributed by atoms with E-state index in [4.69, 9.17) is 20.4 Å². The van der Waals surface area contributed by atoms with E-state index < -0.39 is 41.4 Å². The maximum absolute atomic E-state index is 13.0. The van der Waals surface area contributed by atoms with Crippen LogP contribution in [0.15, 0.2) is 10.6 Å². The van der Waals surface area contributed by atoms with Crippen LogP contribution in [0.2, 0.25) is 0 Å². The Bertz CT molecular complexity index is 945. The minimum atomic E-state index is -1.13. The van der Waals surface area contributed by atoms with Gasteiger partial charge in [-0.05, 0) is 26.2 Å². The smallest absolute Gasteiger partial charge is 0.274 e. The standard InChI is InChI=1S/C23H32N4O7/c1-7-8-15(20(29)25-16(9-13(2)3)19(28)23(5)12-33-23)24-22(31)18(11-32-6)26-21(30)17-10-14(4)34-27-17/h1,10,13,15-16,18H,8-9,11-12H2,2-6H3,(H,24,31)(H,25,29)(H,26,30)/t15-,16?,18?,23+/m0/s1. The fraction of sp³-hybridized carbons (Fsp3) is 0.609. The van der Waals surface area contributed by atoms with E-state index in [1.54, 1.807) is 13.8 Å². The third-order valence-electron chi connectivity index (χ3n) is 5.21. The second kappa shape index (κ2) is 11.8. The van der Waals surface area contributed by atoms with Crippen molar-refractivity contribution in [2.45, 2.75) is 64.3 Å². The number of amides is 3. The fourth-order valence-electron chi connectivity index (χ4n) is 3.25. The van der Waals surface area contributed by atoms with Gasteiger partial charge in [0.25, 0.3) is 5.91 Å². The molecule has 2 rings (SSSR count). The van der Waals surface area contributed by atoms with E-state index in [-0.39, 0.29) is 30.4 Å². The first-order valence-electron chi connectivity index (χ1n) is 11.0. The van der Waals surface area contributed by atoms with E-state index in [9.17, 15) is 19.2 Å². The van der Waals surface area contributed by atoms with E-state index in [1.165, 1.54) is 13.2 Å². The number of aryl methyl sites for hydroxylation is 1. The molecule has 1 aliphatic heterocycles. The molecule has 1 aromatic heterocycles. The molecule has 0 spiro atoms. The summed E-state index contributed by atoms with van der Waals surface area (Å²) in [5.41, 5.74) is -0.916. The van der Waals surface area contributed by atoms with Gasteiger partial charge in [0, 0.05) is 19.6 Å². The lowest BCUT2D eigenvalue weighted by molar-refractivity contribution is -0.133. The lowest BCUT2D eigenvalue weighted by Gasteiger charge is -2.25. The largest absolute Gasteiger partial charge is 0.382 e. The van der Waals surface area contributed by atoms with Crippen LogP contribution in [-0.4, -0.2) is 72.7 Å². The van der Waals surface area contributed by atoms with Gasteiger partial charge in [0.15, 0.2) is 11.5 Å². The minimum Gasteiger partial charge on any atom is -0.382 e. The van der Waals surface area contributed by atoms with Crippen molar-refractivity contribution in [1.29, 1.82) is 0 Å². The van der Waals surface area contributed by atoms with E-state index in [2.05, 4.69) is 27.0 Å². The average Bonchev–Trinajstić information content (AvgIpc) is 3.37. The number of methoxy groups -OCH3 is 1. The van der Waals surface area contributed by atoms with Crippen LogP contribution in [0.3, 0.4) is 0 Å². The number of hydrogen-bond acceptors (Lipinski definition) is 8. The third-order valence-corrected chi connectivity index (χ3v) is 5.21. The first-order valence-corrected chi connectivity index (χ1v) is 11.0. The van der Waals surface area contributed by atoms with E-state index in [0.29, 0.717) is 18.8 Å². The summed E-state index contributed by atoms with van der Waals surface area (Å²) in [5.74, 6) is 0.741. The number of ketones is 1. The van der Waals surface area contributed by atoms with Gasteiger partial charge in [0.2, 0.25) is 11.8 Å². The Labute approximate surface area is 198 Å². The zero-order valence-corrected chi connectivity index (χ0v) is 20.1. The highest BCUT2D eigenvalue weighted by Gasteiger charge is 2.50. The first-order chi connectivity index (χ1) is 16.0. The Morgan fingerprint density at radius 3 is 2.29 bits per heavy atom. The molecule has 1 saturated heterocycles. The van der Waals surface area contributed by atoms with Crippen molar-refractivity contribution in [3.8, 4) is 12.3 Å². The minimum absolute atomic E-state index is 0.00449. The Kier molecular flexibility index (Phi) is 9.35. The maximum atomic E-state index is 13.0. The maximum Gasteiger partial charge on any atom is 0.274 e. The van der Waals surface area contributed by atoms with Gasteiger partial charge >= 0.3 is 0 Å². The normalized spacial score (nSPS) is 19.4. The molecule has 2 heterocycles. The summed E-state index contributed by atoms with van der Waals surface area (Å²) in [6, 6.07) is -1.63. The first kappa shape index (κ1) is 27.0. The summed E-state index contributed by atoms with van der Waals surface area (Å²) in [4.78, 5) is 51.1. The second-order valence-corrected chi connectivity index (χ2v) is 8.85. The lowest BCUT2D eigenvalue weighted by atomic mass is 9.93. The number of ether oxygens (including phenoxy) is 2. The van der Waals surface area contributed by atoms with Crippen molar-refractivity contribution in [3.05, 3.63) is 17.5 Å². The molecule has 0 bridgehead atoms. The molecule has 0 aliphatic carbocycles. The Morgan fingerprint density at radius 1 is 1.18 bits per heavy atom. The fourth-order valence-corrected chi connectivity index (χ4v) is 3.25. The Hall–Kier alpha value is -3.23. The average molecular weight is 477 g/mol. The van der Waals surface area contributed by atoms with Gasteiger partial charge < -0.3 is 29.9 Å². The summed E-state index contributed by atoms with van der Waals surface area (Å²) in [5, 5.41) is 11.4. The molecule has 3 amide bonds. The summed E-state index contributed by atoms with van der Waals surface area (Å²) in [6.07, 6.45) is 5.69. The van der Waals surface area contributed by atoms with Crippen LogP contribution < -0.4 is 16.0 Å². The number of rotatable bonds is 13. The van der Waals surface area contributed by atoms with Crippen LogP contribution in [0.5, 0.6) is 0 Å². The SMILES string of the molecule is C#CC[C@H](NC(=O)C(COC)NC(=O)c1cc(C)on1)C(=O)NC(CC(C)C)C(=O)[C@@]1(C)CO1. The molecule has 1 fully saturated rings.